The molecule has 0 saturated heterocycles. The van der Waals surface area contributed by atoms with Crippen molar-refractivity contribution in [3.8, 4) is 6.07 Å². The zero-order valence-corrected chi connectivity index (χ0v) is 5.77. The van der Waals surface area contributed by atoms with Crippen molar-refractivity contribution < 1.29 is 20.1 Å². The summed E-state index contributed by atoms with van der Waals surface area (Å²) in [6, 6.07) is 1.28. The highest BCUT2D eigenvalue weighted by Gasteiger charge is 2.18. The van der Waals surface area contributed by atoms with Crippen molar-refractivity contribution in [2.24, 2.45) is 0 Å². The van der Waals surface area contributed by atoms with Crippen LogP contribution in [-0.2, 0) is 4.79 Å². The molecular formula is C6H9NO4. The number of aliphatic hydroxyl groups is 3. The molecule has 0 rings (SSSR count). The average Bonchev–Trinajstić information content (AvgIpc) is 2.02. The van der Waals surface area contributed by atoms with E-state index < -0.39 is 31.0 Å². The number of carbonyl (C=O) groups is 1. The maximum Gasteiger partial charge on any atom is 0.234 e. The number of carbonyl (C=O) groups excluding carboxylic acids is 1. The zero-order chi connectivity index (χ0) is 8.85. The summed E-state index contributed by atoms with van der Waals surface area (Å²) in [4.78, 5) is 10.3. The van der Waals surface area contributed by atoms with Gasteiger partial charge in [0.25, 0.3) is 0 Å². The third kappa shape index (κ3) is 3.68. The number of hydrogen-bond donors (Lipinski definition) is 3. The Bertz CT molecular complexity index is 174. The van der Waals surface area contributed by atoms with Gasteiger partial charge in [0.1, 0.15) is 12.2 Å². The Balaban J connectivity index is 3.79. The fourth-order valence-corrected chi connectivity index (χ4v) is 0.493. The van der Waals surface area contributed by atoms with Gasteiger partial charge in [-0.3, -0.25) is 4.79 Å². The fraction of sp³-hybridized carbons (Fsp3) is 0.667. The highest BCUT2D eigenvalue weighted by atomic mass is 16.4. The van der Waals surface area contributed by atoms with E-state index >= 15 is 0 Å². The zero-order valence-electron chi connectivity index (χ0n) is 5.77. The second kappa shape index (κ2) is 4.79. The van der Waals surface area contributed by atoms with Crippen LogP contribution in [0.1, 0.15) is 6.42 Å². The van der Waals surface area contributed by atoms with Crippen LogP contribution in [0.5, 0.6) is 0 Å². The van der Waals surface area contributed by atoms with E-state index in [2.05, 4.69) is 0 Å². The van der Waals surface area contributed by atoms with Crippen molar-refractivity contribution in [1.82, 2.24) is 0 Å². The Hall–Kier alpha value is -0.960. The molecule has 0 aliphatic heterocycles. The van der Waals surface area contributed by atoms with Crippen LogP contribution < -0.4 is 0 Å². The van der Waals surface area contributed by atoms with Gasteiger partial charge in [-0.25, -0.2) is 0 Å². The highest BCUT2D eigenvalue weighted by molar-refractivity contribution is 5.93. The van der Waals surface area contributed by atoms with Crippen molar-refractivity contribution in [2.45, 2.75) is 18.6 Å². The Kier molecular flexibility index (Phi) is 4.38. The van der Waals surface area contributed by atoms with Gasteiger partial charge in [-0.1, -0.05) is 0 Å². The molecule has 2 atom stereocenters. The third-order valence-electron chi connectivity index (χ3n) is 1.15. The van der Waals surface area contributed by atoms with Gasteiger partial charge in [0.05, 0.1) is 12.7 Å². The van der Waals surface area contributed by atoms with E-state index in [-0.39, 0.29) is 0 Å². The van der Waals surface area contributed by atoms with Crippen LogP contribution in [0.4, 0.5) is 0 Å². The van der Waals surface area contributed by atoms with E-state index in [9.17, 15) is 4.79 Å². The van der Waals surface area contributed by atoms with Gasteiger partial charge >= 0.3 is 0 Å². The quantitative estimate of drug-likeness (QED) is 0.419. The van der Waals surface area contributed by atoms with Crippen molar-refractivity contribution in [3.63, 3.8) is 0 Å². The number of ketones is 1. The molecular weight excluding hydrogens is 150 g/mol. The van der Waals surface area contributed by atoms with Crippen LogP contribution in [0, 0.1) is 11.3 Å². The van der Waals surface area contributed by atoms with E-state index in [1.165, 1.54) is 6.07 Å². The molecule has 0 radical (unpaired) electrons. The van der Waals surface area contributed by atoms with Gasteiger partial charge < -0.3 is 15.3 Å². The molecule has 0 aromatic carbocycles. The van der Waals surface area contributed by atoms with Gasteiger partial charge in [0.2, 0.25) is 5.78 Å². The van der Waals surface area contributed by atoms with E-state index in [0.717, 1.165) is 0 Å². The molecule has 0 aromatic heterocycles. The summed E-state index contributed by atoms with van der Waals surface area (Å²) in [5.41, 5.74) is 0. The normalized spacial score (nSPS) is 15.1. The summed E-state index contributed by atoms with van der Waals surface area (Å²) in [6.07, 6.45) is -3.16. The first-order valence-electron chi connectivity index (χ1n) is 3.01. The molecule has 0 saturated carbocycles. The Morgan fingerprint density at radius 3 is 2.36 bits per heavy atom. The summed E-state index contributed by atoms with van der Waals surface area (Å²) in [5.74, 6) is -0.815. The van der Waals surface area contributed by atoms with Crippen molar-refractivity contribution >= 4 is 5.78 Å². The highest BCUT2D eigenvalue weighted by Crippen LogP contribution is 1.98. The van der Waals surface area contributed by atoms with Gasteiger partial charge in [0.15, 0.2) is 0 Å². The average molecular weight is 159 g/mol. The minimum Gasteiger partial charge on any atom is -0.394 e. The SMILES string of the molecule is N#CC(=O)C[C@H](O)[C@H](O)CO. The maximum atomic E-state index is 10.3. The number of Topliss-reactive ketones (excluding diaryl/α,β-unsaturated/α-hetero) is 1. The molecule has 0 aromatic rings. The third-order valence-corrected chi connectivity index (χ3v) is 1.15. The molecule has 62 valence electrons. The first-order chi connectivity index (χ1) is 5.11. The smallest absolute Gasteiger partial charge is 0.234 e. The molecule has 0 amide bonds. The molecule has 5 heteroatoms. The topological polar surface area (TPSA) is 102 Å². The van der Waals surface area contributed by atoms with E-state index in [1.807, 2.05) is 0 Å². The predicted octanol–water partition coefficient (Wildman–Crippen LogP) is -1.82. The monoisotopic (exact) mass is 159 g/mol. The number of rotatable bonds is 4. The summed E-state index contributed by atoms with van der Waals surface area (Å²) in [5, 5.41) is 33.8. The molecule has 0 aliphatic rings. The van der Waals surface area contributed by atoms with Crippen LogP contribution in [0.2, 0.25) is 0 Å². The maximum absolute atomic E-state index is 10.3. The van der Waals surface area contributed by atoms with Gasteiger partial charge in [-0.15, -0.1) is 0 Å². The lowest BCUT2D eigenvalue weighted by atomic mass is 10.1. The number of nitrogens with zero attached hydrogens (tertiary/aromatic N) is 1. The summed E-state index contributed by atoms with van der Waals surface area (Å²) in [6.45, 7) is -0.625. The summed E-state index contributed by atoms with van der Waals surface area (Å²) < 4.78 is 0. The van der Waals surface area contributed by atoms with Crippen LogP contribution in [-0.4, -0.2) is 39.9 Å². The lowest BCUT2D eigenvalue weighted by Crippen LogP contribution is -2.31. The first kappa shape index (κ1) is 10.0. The molecule has 3 N–H and O–H groups in total. The van der Waals surface area contributed by atoms with Crippen molar-refractivity contribution in [1.29, 1.82) is 5.26 Å². The molecule has 0 heterocycles. The van der Waals surface area contributed by atoms with Crippen molar-refractivity contribution in [3.05, 3.63) is 0 Å². The second-order valence-electron chi connectivity index (χ2n) is 2.06. The molecule has 0 bridgehead atoms. The lowest BCUT2D eigenvalue weighted by Gasteiger charge is -2.12. The summed E-state index contributed by atoms with van der Waals surface area (Å²) in [7, 11) is 0. The van der Waals surface area contributed by atoms with Crippen LogP contribution >= 0.6 is 0 Å². The molecule has 5 nitrogen and oxygen atoms in total. The van der Waals surface area contributed by atoms with Crippen LogP contribution in [0.3, 0.4) is 0 Å². The van der Waals surface area contributed by atoms with Crippen LogP contribution in [0.15, 0.2) is 0 Å². The molecule has 0 aliphatic carbocycles. The number of aliphatic hydroxyl groups excluding tert-OH is 3. The Morgan fingerprint density at radius 2 is 2.00 bits per heavy atom. The van der Waals surface area contributed by atoms with Gasteiger partial charge in [-0.2, -0.15) is 5.26 Å². The van der Waals surface area contributed by atoms with E-state index in [1.54, 1.807) is 0 Å². The van der Waals surface area contributed by atoms with E-state index in [4.69, 9.17) is 20.6 Å². The fourth-order valence-electron chi connectivity index (χ4n) is 0.493. The predicted molar refractivity (Wildman–Crippen MR) is 34.3 cm³/mol. The first-order valence-corrected chi connectivity index (χ1v) is 3.01. The van der Waals surface area contributed by atoms with Crippen molar-refractivity contribution in [2.75, 3.05) is 6.61 Å². The van der Waals surface area contributed by atoms with E-state index in [0.29, 0.717) is 0 Å². The molecule has 0 fully saturated rings. The minimum absolute atomic E-state index is 0.446. The summed E-state index contributed by atoms with van der Waals surface area (Å²) >= 11 is 0. The molecule has 0 spiro atoms. The minimum atomic E-state index is -1.35. The lowest BCUT2D eigenvalue weighted by molar-refractivity contribution is -0.118. The second-order valence-corrected chi connectivity index (χ2v) is 2.06. The van der Waals surface area contributed by atoms with Crippen LogP contribution in [0.25, 0.3) is 0 Å². The Morgan fingerprint density at radius 1 is 1.45 bits per heavy atom. The molecule has 0 unspecified atom stereocenters. The standard InChI is InChI=1S/C6H9NO4/c7-2-4(9)1-5(10)6(11)3-8/h5-6,8,10-11H,1,3H2/t5-,6+/m0/s1. The number of nitriles is 1. The molecule has 11 heavy (non-hydrogen) atoms. The van der Waals surface area contributed by atoms with Gasteiger partial charge in [0, 0.05) is 6.42 Å². The van der Waals surface area contributed by atoms with Gasteiger partial charge in [-0.05, 0) is 0 Å². The largest absolute Gasteiger partial charge is 0.394 e. The number of hydrogen-bond acceptors (Lipinski definition) is 5. The Labute approximate surface area is 63.5 Å².